The molecule has 3 heteroatoms. The number of carbonyl (C=O) groups is 1. The maximum absolute atomic E-state index is 11.1. The first-order valence-electron chi connectivity index (χ1n) is 4.03. The maximum Gasteiger partial charge on any atom is 0.250 e. The van der Waals surface area contributed by atoms with Gasteiger partial charge < -0.3 is 5.32 Å². The van der Waals surface area contributed by atoms with Gasteiger partial charge in [-0.15, -0.1) is 0 Å². The molecule has 0 aromatic rings. The number of carbonyl (C=O) groups excluding carboxylic acids is 1. The lowest BCUT2D eigenvalue weighted by Gasteiger charge is -2.01. The van der Waals surface area contributed by atoms with E-state index in [4.69, 9.17) is 0 Å². The van der Waals surface area contributed by atoms with E-state index >= 15 is 0 Å². The van der Waals surface area contributed by atoms with E-state index in [2.05, 4.69) is 10.3 Å². The van der Waals surface area contributed by atoms with E-state index in [-0.39, 0.29) is 11.9 Å². The van der Waals surface area contributed by atoms with Crippen LogP contribution in [0.4, 0.5) is 0 Å². The molecular weight excluding hydrogens is 140 g/mol. The summed E-state index contributed by atoms with van der Waals surface area (Å²) in [6.07, 6.45) is 0.794. The highest BCUT2D eigenvalue weighted by molar-refractivity contribution is 6.06. The summed E-state index contributed by atoms with van der Waals surface area (Å²) in [5, 5.41) is 2.77. The Balaban J connectivity index is 2.67. The Bertz CT molecular complexity index is 196. The number of nitrogens with one attached hydrogen (secondary N) is 1. The van der Waals surface area contributed by atoms with Gasteiger partial charge in [0.1, 0.15) is 11.9 Å². The summed E-state index contributed by atoms with van der Waals surface area (Å²) in [4.78, 5) is 15.3. The number of hydrogen-bond donors (Lipinski definition) is 1. The van der Waals surface area contributed by atoms with E-state index in [0.29, 0.717) is 5.92 Å². The summed E-state index contributed by atoms with van der Waals surface area (Å²) in [5.41, 5.74) is 0. The number of nitrogens with zero attached hydrogens (tertiary/aromatic N) is 1. The van der Waals surface area contributed by atoms with Gasteiger partial charge in [-0.05, 0) is 6.42 Å². The third kappa shape index (κ3) is 1.59. The van der Waals surface area contributed by atoms with Crippen LogP contribution in [0, 0.1) is 5.92 Å². The molecule has 1 aliphatic rings. The monoisotopic (exact) mass is 154 g/mol. The minimum Gasteiger partial charge on any atom is -0.312 e. The van der Waals surface area contributed by atoms with Crippen molar-refractivity contribution in [1.29, 1.82) is 0 Å². The normalized spacial score (nSPS) is 23.8. The fraction of sp³-hybridized carbons (Fsp3) is 0.750. The summed E-state index contributed by atoms with van der Waals surface area (Å²) >= 11 is 0. The smallest absolute Gasteiger partial charge is 0.250 e. The fourth-order valence-corrected chi connectivity index (χ4v) is 1.04. The van der Waals surface area contributed by atoms with Gasteiger partial charge in [0.05, 0.1) is 0 Å². The molecule has 1 aliphatic heterocycles. The molecule has 3 nitrogen and oxygen atoms in total. The van der Waals surface area contributed by atoms with Gasteiger partial charge in [-0.2, -0.15) is 0 Å². The second kappa shape index (κ2) is 3.03. The minimum absolute atomic E-state index is 0.0520. The van der Waals surface area contributed by atoms with Crippen molar-refractivity contribution in [1.82, 2.24) is 5.32 Å². The second-order valence-corrected chi connectivity index (χ2v) is 3.08. The summed E-state index contributed by atoms with van der Waals surface area (Å²) in [7, 11) is 0. The topological polar surface area (TPSA) is 41.5 Å². The van der Waals surface area contributed by atoms with E-state index in [1.165, 1.54) is 0 Å². The Hall–Kier alpha value is -0.860. The van der Waals surface area contributed by atoms with Crippen LogP contribution in [0.5, 0.6) is 0 Å². The summed E-state index contributed by atoms with van der Waals surface area (Å²) in [6.45, 7) is 6.02. The number of rotatable bonds is 2. The van der Waals surface area contributed by atoms with Gasteiger partial charge in [0, 0.05) is 5.92 Å². The van der Waals surface area contributed by atoms with Crippen molar-refractivity contribution in [3.63, 3.8) is 0 Å². The zero-order chi connectivity index (χ0) is 8.43. The molecule has 62 valence electrons. The van der Waals surface area contributed by atoms with Gasteiger partial charge in [0.25, 0.3) is 0 Å². The molecule has 0 radical (unpaired) electrons. The van der Waals surface area contributed by atoms with Gasteiger partial charge in [-0.25, -0.2) is 0 Å². The van der Waals surface area contributed by atoms with Gasteiger partial charge in [-0.3, -0.25) is 9.79 Å². The van der Waals surface area contributed by atoms with Crippen LogP contribution in [0.1, 0.15) is 27.2 Å². The van der Waals surface area contributed by atoms with Gasteiger partial charge in [-0.1, -0.05) is 20.8 Å². The van der Waals surface area contributed by atoms with Crippen LogP contribution < -0.4 is 5.32 Å². The van der Waals surface area contributed by atoms with Crippen molar-refractivity contribution in [2.24, 2.45) is 10.9 Å². The third-order valence-electron chi connectivity index (χ3n) is 1.78. The Labute approximate surface area is 66.9 Å². The fourth-order valence-electron chi connectivity index (χ4n) is 1.04. The Morgan fingerprint density at radius 1 is 1.64 bits per heavy atom. The first kappa shape index (κ1) is 8.24. The molecule has 0 saturated heterocycles. The van der Waals surface area contributed by atoms with Crippen molar-refractivity contribution >= 4 is 11.7 Å². The Morgan fingerprint density at radius 3 is 2.55 bits per heavy atom. The predicted octanol–water partition coefficient (Wildman–Crippen LogP) is 0.949. The Kier molecular flexibility index (Phi) is 2.27. The van der Waals surface area contributed by atoms with Crippen LogP contribution in [-0.4, -0.2) is 17.8 Å². The lowest BCUT2D eigenvalue weighted by atomic mass is 10.2. The second-order valence-electron chi connectivity index (χ2n) is 3.08. The van der Waals surface area contributed by atoms with Crippen molar-refractivity contribution < 1.29 is 4.79 Å². The largest absolute Gasteiger partial charge is 0.312 e. The van der Waals surface area contributed by atoms with Crippen molar-refractivity contribution in [3.8, 4) is 0 Å². The highest BCUT2D eigenvalue weighted by Gasteiger charge is 2.25. The van der Waals surface area contributed by atoms with E-state index < -0.39 is 0 Å². The van der Waals surface area contributed by atoms with Crippen molar-refractivity contribution in [2.75, 3.05) is 0 Å². The number of aliphatic imine (C=N–C) groups is 1. The molecule has 0 saturated carbocycles. The highest BCUT2D eigenvalue weighted by Crippen LogP contribution is 2.08. The van der Waals surface area contributed by atoms with Crippen LogP contribution in [0.15, 0.2) is 4.99 Å². The van der Waals surface area contributed by atoms with Crippen LogP contribution >= 0.6 is 0 Å². The van der Waals surface area contributed by atoms with Crippen molar-refractivity contribution in [3.05, 3.63) is 0 Å². The lowest BCUT2D eigenvalue weighted by Crippen LogP contribution is -2.30. The molecule has 0 spiro atoms. The highest BCUT2D eigenvalue weighted by atomic mass is 16.2. The molecule has 0 aromatic heterocycles. The molecule has 0 bridgehead atoms. The third-order valence-corrected chi connectivity index (χ3v) is 1.78. The molecule has 0 aromatic carbocycles. The Morgan fingerprint density at radius 2 is 2.27 bits per heavy atom. The van der Waals surface area contributed by atoms with Crippen LogP contribution in [0.3, 0.4) is 0 Å². The van der Waals surface area contributed by atoms with Gasteiger partial charge >= 0.3 is 0 Å². The van der Waals surface area contributed by atoms with E-state index in [0.717, 1.165) is 12.3 Å². The summed E-state index contributed by atoms with van der Waals surface area (Å²) < 4.78 is 0. The standard InChI is InChI=1S/C8H14N2O/c1-4-6-8(11)10-7(9-6)5(2)3/h5-6H,4H2,1-3H3,(H,9,10,11). The number of amides is 1. The zero-order valence-electron chi connectivity index (χ0n) is 7.22. The first-order valence-corrected chi connectivity index (χ1v) is 4.03. The average Bonchev–Trinajstić information content (AvgIpc) is 2.31. The SMILES string of the molecule is CCC1N=C(C(C)C)NC1=O. The summed E-state index contributed by atoms with van der Waals surface area (Å²) in [5.74, 6) is 1.22. The molecule has 1 rings (SSSR count). The molecule has 11 heavy (non-hydrogen) atoms. The van der Waals surface area contributed by atoms with Crippen LogP contribution in [-0.2, 0) is 4.79 Å². The van der Waals surface area contributed by atoms with E-state index in [1.54, 1.807) is 0 Å². The molecular formula is C8H14N2O. The quantitative estimate of drug-likeness (QED) is 0.632. The van der Waals surface area contributed by atoms with Crippen LogP contribution in [0.2, 0.25) is 0 Å². The van der Waals surface area contributed by atoms with E-state index in [1.807, 2.05) is 20.8 Å². The lowest BCUT2D eigenvalue weighted by molar-refractivity contribution is -0.120. The minimum atomic E-state index is -0.132. The zero-order valence-corrected chi connectivity index (χ0v) is 7.22. The van der Waals surface area contributed by atoms with Crippen molar-refractivity contribution in [2.45, 2.75) is 33.2 Å². The molecule has 1 atom stereocenters. The van der Waals surface area contributed by atoms with Gasteiger partial charge in [0.15, 0.2) is 0 Å². The molecule has 0 aliphatic carbocycles. The number of hydrogen-bond acceptors (Lipinski definition) is 2. The average molecular weight is 154 g/mol. The first-order chi connectivity index (χ1) is 5.15. The molecule has 1 amide bonds. The number of amidine groups is 1. The molecule has 1 N–H and O–H groups in total. The molecule has 1 heterocycles. The molecule has 1 unspecified atom stereocenters. The predicted molar refractivity (Wildman–Crippen MR) is 44.5 cm³/mol. The van der Waals surface area contributed by atoms with Crippen LogP contribution in [0.25, 0.3) is 0 Å². The van der Waals surface area contributed by atoms with E-state index in [9.17, 15) is 4.79 Å². The molecule has 0 fully saturated rings. The maximum atomic E-state index is 11.1. The summed E-state index contributed by atoms with van der Waals surface area (Å²) in [6, 6.07) is -0.132. The van der Waals surface area contributed by atoms with Gasteiger partial charge in [0.2, 0.25) is 5.91 Å².